The molecule has 0 spiro atoms. The van der Waals surface area contributed by atoms with Crippen LogP contribution in [0.1, 0.15) is 6.92 Å². The second kappa shape index (κ2) is 6.95. The lowest BCUT2D eigenvalue weighted by Crippen LogP contribution is -2.54. The molecule has 26 heavy (non-hydrogen) atoms. The quantitative estimate of drug-likeness (QED) is 0.819. The maximum Gasteiger partial charge on any atom is 0.268 e. The fourth-order valence-corrected chi connectivity index (χ4v) is 3.97. The van der Waals surface area contributed by atoms with Crippen molar-refractivity contribution in [2.45, 2.75) is 13.0 Å². The van der Waals surface area contributed by atoms with Crippen LogP contribution >= 0.6 is 11.3 Å². The summed E-state index contributed by atoms with van der Waals surface area (Å²) in [6.07, 6.45) is 1.21. The van der Waals surface area contributed by atoms with Gasteiger partial charge in [0.25, 0.3) is 5.91 Å². The summed E-state index contributed by atoms with van der Waals surface area (Å²) in [5, 5.41) is 2.94. The van der Waals surface area contributed by atoms with Crippen LogP contribution in [0.5, 0.6) is 5.75 Å². The Morgan fingerprint density at radius 1 is 1.27 bits per heavy atom. The molecule has 1 unspecified atom stereocenters. The van der Waals surface area contributed by atoms with Crippen LogP contribution in [0.2, 0.25) is 0 Å². The highest BCUT2D eigenvalue weighted by molar-refractivity contribution is 7.13. The van der Waals surface area contributed by atoms with Gasteiger partial charge in [0.05, 0.1) is 5.69 Å². The molecule has 0 aliphatic carbocycles. The zero-order valence-corrected chi connectivity index (χ0v) is 15.3. The van der Waals surface area contributed by atoms with Crippen molar-refractivity contribution in [2.24, 2.45) is 0 Å². The maximum atomic E-state index is 12.8. The van der Waals surface area contributed by atoms with E-state index in [9.17, 15) is 9.59 Å². The first-order chi connectivity index (χ1) is 12.6. The highest BCUT2D eigenvalue weighted by atomic mass is 32.1. The van der Waals surface area contributed by atoms with Gasteiger partial charge in [-0.2, -0.15) is 0 Å². The number of aromatic nitrogens is 1. The van der Waals surface area contributed by atoms with Crippen molar-refractivity contribution in [1.29, 1.82) is 0 Å². The fourth-order valence-electron chi connectivity index (χ4n) is 3.28. The monoisotopic (exact) mass is 372 g/mol. The summed E-state index contributed by atoms with van der Waals surface area (Å²) in [6.45, 7) is 4.53. The molecule has 2 aromatic rings. The molecule has 4 rings (SSSR count). The number of anilines is 2. The number of amides is 2. The fraction of sp³-hybridized carbons (Fsp3) is 0.389. The Labute approximate surface area is 155 Å². The van der Waals surface area contributed by atoms with Crippen molar-refractivity contribution in [1.82, 2.24) is 9.88 Å². The molecule has 1 aromatic carbocycles. The van der Waals surface area contributed by atoms with Crippen LogP contribution < -0.4 is 14.5 Å². The van der Waals surface area contributed by atoms with Crippen molar-refractivity contribution < 1.29 is 14.3 Å². The van der Waals surface area contributed by atoms with E-state index < -0.39 is 6.10 Å². The first-order valence-corrected chi connectivity index (χ1v) is 9.51. The topological polar surface area (TPSA) is 66.0 Å². The van der Waals surface area contributed by atoms with Gasteiger partial charge in [-0.05, 0) is 19.1 Å². The molecule has 2 amide bonds. The Balaban J connectivity index is 1.43. The number of fused-ring (bicyclic) bond motifs is 1. The van der Waals surface area contributed by atoms with E-state index in [1.54, 1.807) is 29.4 Å². The van der Waals surface area contributed by atoms with Gasteiger partial charge in [0.2, 0.25) is 5.91 Å². The van der Waals surface area contributed by atoms with Gasteiger partial charge in [0.15, 0.2) is 11.2 Å². The van der Waals surface area contributed by atoms with Crippen molar-refractivity contribution >= 4 is 34.0 Å². The Morgan fingerprint density at radius 2 is 2.04 bits per heavy atom. The van der Waals surface area contributed by atoms with Crippen LogP contribution in [0, 0.1) is 0 Å². The molecule has 1 aromatic heterocycles. The van der Waals surface area contributed by atoms with E-state index in [-0.39, 0.29) is 18.4 Å². The van der Waals surface area contributed by atoms with E-state index in [4.69, 9.17) is 4.74 Å². The summed E-state index contributed by atoms with van der Waals surface area (Å²) in [7, 11) is 0. The number of nitrogens with zero attached hydrogens (tertiary/aromatic N) is 4. The molecular formula is C18H20N4O3S. The van der Waals surface area contributed by atoms with Crippen LogP contribution in [0.15, 0.2) is 35.8 Å². The molecule has 2 aliphatic rings. The minimum absolute atomic E-state index is 0.0407. The average molecular weight is 372 g/mol. The summed E-state index contributed by atoms with van der Waals surface area (Å²) in [5.74, 6) is 0.417. The van der Waals surface area contributed by atoms with Gasteiger partial charge in [0.1, 0.15) is 12.3 Å². The number of ether oxygens (including phenoxy) is 1. The van der Waals surface area contributed by atoms with E-state index in [1.807, 2.05) is 34.5 Å². The standard InChI is InChI=1S/C18H20N4O3S/c1-13-17(24)22(14-4-2-3-5-15(14)25-13)12-16(23)20-7-9-21(10-8-20)18-19-6-11-26-18/h2-6,11,13H,7-10,12H2,1H3. The number of carbonyl (C=O) groups excluding carboxylic acids is 2. The molecule has 136 valence electrons. The largest absolute Gasteiger partial charge is 0.479 e. The Kier molecular flexibility index (Phi) is 4.50. The SMILES string of the molecule is CC1Oc2ccccc2N(CC(=O)N2CCN(c3nccs3)CC2)C1=O. The first kappa shape index (κ1) is 16.8. The predicted octanol–water partition coefficient (Wildman–Crippen LogP) is 1.61. The molecule has 8 heteroatoms. The highest BCUT2D eigenvalue weighted by Gasteiger charge is 2.34. The number of rotatable bonds is 3. The molecule has 3 heterocycles. The number of piperazine rings is 1. The van der Waals surface area contributed by atoms with Gasteiger partial charge in [-0.3, -0.25) is 14.5 Å². The van der Waals surface area contributed by atoms with E-state index in [0.717, 1.165) is 18.2 Å². The van der Waals surface area contributed by atoms with Gasteiger partial charge in [-0.15, -0.1) is 11.3 Å². The Bertz CT molecular complexity index is 803. The smallest absolute Gasteiger partial charge is 0.268 e. The number of para-hydroxylation sites is 2. The molecule has 0 N–H and O–H groups in total. The third kappa shape index (κ3) is 3.12. The number of benzene rings is 1. The normalized spacial score (nSPS) is 20.0. The van der Waals surface area contributed by atoms with Crippen LogP contribution in [0.4, 0.5) is 10.8 Å². The predicted molar refractivity (Wildman–Crippen MR) is 99.8 cm³/mol. The lowest BCUT2D eigenvalue weighted by Gasteiger charge is -2.37. The summed E-state index contributed by atoms with van der Waals surface area (Å²) in [5.41, 5.74) is 0.658. The summed E-state index contributed by atoms with van der Waals surface area (Å²) in [6, 6.07) is 7.34. The minimum Gasteiger partial charge on any atom is -0.479 e. The first-order valence-electron chi connectivity index (χ1n) is 8.63. The van der Waals surface area contributed by atoms with Crippen molar-refractivity contribution in [3.05, 3.63) is 35.8 Å². The molecule has 0 saturated carbocycles. The highest BCUT2D eigenvalue weighted by Crippen LogP contribution is 2.33. The Hall–Kier alpha value is -2.61. The molecule has 0 bridgehead atoms. The van der Waals surface area contributed by atoms with E-state index in [2.05, 4.69) is 9.88 Å². The number of hydrogen-bond donors (Lipinski definition) is 0. The summed E-state index contributed by atoms with van der Waals surface area (Å²) < 4.78 is 5.63. The van der Waals surface area contributed by atoms with Gasteiger partial charge in [0, 0.05) is 37.8 Å². The van der Waals surface area contributed by atoms with Gasteiger partial charge < -0.3 is 14.5 Å². The number of carbonyl (C=O) groups is 2. The molecule has 1 fully saturated rings. The van der Waals surface area contributed by atoms with Crippen molar-refractivity contribution in [2.75, 3.05) is 42.5 Å². The molecule has 0 radical (unpaired) electrons. The van der Waals surface area contributed by atoms with Crippen LogP contribution in [0.3, 0.4) is 0 Å². The second-order valence-electron chi connectivity index (χ2n) is 6.33. The maximum absolute atomic E-state index is 12.8. The van der Waals surface area contributed by atoms with Crippen molar-refractivity contribution in [3.63, 3.8) is 0 Å². The van der Waals surface area contributed by atoms with Gasteiger partial charge in [-0.25, -0.2) is 4.98 Å². The van der Waals surface area contributed by atoms with Crippen LogP contribution in [0.25, 0.3) is 0 Å². The second-order valence-corrected chi connectivity index (χ2v) is 7.21. The van der Waals surface area contributed by atoms with Crippen molar-refractivity contribution in [3.8, 4) is 5.75 Å². The van der Waals surface area contributed by atoms with Gasteiger partial charge >= 0.3 is 0 Å². The molecule has 1 atom stereocenters. The lowest BCUT2D eigenvalue weighted by molar-refractivity contribution is -0.133. The zero-order chi connectivity index (χ0) is 18.1. The van der Waals surface area contributed by atoms with Crippen LogP contribution in [-0.2, 0) is 9.59 Å². The molecular weight excluding hydrogens is 352 g/mol. The van der Waals surface area contributed by atoms with E-state index >= 15 is 0 Å². The minimum atomic E-state index is -0.584. The number of thiazole rings is 1. The summed E-state index contributed by atoms with van der Waals surface area (Å²) >= 11 is 1.60. The lowest BCUT2D eigenvalue weighted by atomic mass is 10.2. The Morgan fingerprint density at radius 3 is 2.77 bits per heavy atom. The third-order valence-corrected chi connectivity index (χ3v) is 5.52. The van der Waals surface area contributed by atoms with E-state index in [0.29, 0.717) is 24.5 Å². The summed E-state index contributed by atoms with van der Waals surface area (Å²) in [4.78, 5) is 35.2. The zero-order valence-electron chi connectivity index (χ0n) is 14.5. The average Bonchev–Trinajstić information content (AvgIpc) is 3.20. The molecule has 1 saturated heterocycles. The van der Waals surface area contributed by atoms with E-state index in [1.165, 1.54) is 0 Å². The third-order valence-electron chi connectivity index (χ3n) is 4.69. The van der Waals surface area contributed by atoms with Gasteiger partial charge in [-0.1, -0.05) is 12.1 Å². The molecule has 2 aliphatic heterocycles. The number of hydrogen-bond acceptors (Lipinski definition) is 6. The van der Waals surface area contributed by atoms with Crippen LogP contribution in [-0.4, -0.2) is 60.5 Å². The molecule has 7 nitrogen and oxygen atoms in total.